The van der Waals surface area contributed by atoms with E-state index in [1.165, 1.54) is 24.3 Å². The molecule has 0 aliphatic heterocycles. The average molecular weight is 428 g/mol. The molecule has 0 unspecified atom stereocenters. The summed E-state index contributed by atoms with van der Waals surface area (Å²) in [5.41, 5.74) is 1.14. The number of hydrogen-bond donors (Lipinski definition) is 1. The Kier molecular flexibility index (Phi) is 7.15. The van der Waals surface area contributed by atoms with Gasteiger partial charge >= 0.3 is 5.97 Å². The van der Waals surface area contributed by atoms with E-state index in [2.05, 4.69) is 0 Å². The first kappa shape index (κ1) is 21.1. The van der Waals surface area contributed by atoms with E-state index < -0.39 is 28.2 Å². The van der Waals surface area contributed by atoms with Gasteiger partial charge in [-0.3, -0.25) is 9.59 Å². The number of sulfonamides is 1. The van der Waals surface area contributed by atoms with Crippen molar-refractivity contribution in [1.82, 2.24) is 0 Å². The van der Waals surface area contributed by atoms with Gasteiger partial charge < -0.3 is 4.74 Å². The van der Waals surface area contributed by atoms with Gasteiger partial charge in [-0.25, -0.2) is 13.6 Å². The monoisotopic (exact) mass is 427 g/mol. The Hall–Kier alpha value is -2.19. The highest BCUT2D eigenvalue weighted by molar-refractivity contribution is 7.89. The fraction of sp³-hybridized carbons (Fsp3) is 0.111. The quantitative estimate of drug-likeness (QED) is 0.414. The maximum absolute atomic E-state index is 11.9. The van der Waals surface area contributed by atoms with Crippen LogP contribution < -0.4 is 5.14 Å². The van der Waals surface area contributed by atoms with Gasteiger partial charge in [0, 0.05) is 5.02 Å². The molecule has 2 aromatic carbocycles. The second-order valence-corrected chi connectivity index (χ2v) is 7.87. The lowest BCUT2D eigenvalue weighted by Crippen LogP contribution is -2.12. The zero-order valence-corrected chi connectivity index (χ0v) is 16.2. The van der Waals surface area contributed by atoms with Crippen LogP contribution >= 0.6 is 23.2 Å². The van der Waals surface area contributed by atoms with Gasteiger partial charge in [-0.05, 0) is 41.5 Å². The molecule has 2 aromatic rings. The van der Waals surface area contributed by atoms with Crippen LogP contribution in [0.5, 0.6) is 0 Å². The summed E-state index contributed by atoms with van der Waals surface area (Å²) in [6.07, 6.45) is 2.07. The Labute approximate surface area is 166 Å². The van der Waals surface area contributed by atoms with Gasteiger partial charge in [0.1, 0.15) is 17.9 Å². The molecule has 9 heteroatoms. The minimum Gasteiger partial charge on any atom is -0.460 e. The number of nitrogens with two attached hydrogens (primary N) is 1. The summed E-state index contributed by atoms with van der Waals surface area (Å²) >= 11 is 11.6. The minimum absolute atomic E-state index is 0.0215. The molecule has 0 aliphatic rings. The molecule has 0 saturated heterocycles. The van der Waals surface area contributed by atoms with E-state index in [1.54, 1.807) is 24.3 Å². The fourth-order valence-electron chi connectivity index (χ4n) is 2.03. The third kappa shape index (κ3) is 6.80. The lowest BCUT2D eigenvalue weighted by molar-refractivity contribution is -0.146. The number of ether oxygens (including phenoxy) is 1. The van der Waals surface area contributed by atoms with Crippen molar-refractivity contribution in [2.75, 3.05) is 0 Å². The highest BCUT2D eigenvalue weighted by Gasteiger charge is 2.13. The van der Waals surface area contributed by atoms with Crippen molar-refractivity contribution in [2.45, 2.75) is 17.9 Å². The Balaban J connectivity index is 1.93. The molecule has 0 amide bonds. The summed E-state index contributed by atoms with van der Waals surface area (Å²) in [6.45, 7) is 0.0297. The molecule has 0 spiro atoms. The van der Waals surface area contributed by atoms with Crippen LogP contribution in [0.4, 0.5) is 0 Å². The Morgan fingerprint density at radius 1 is 1.07 bits per heavy atom. The predicted octanol–water partition coefficient (Wildman–Crippen LogP) is 3.36. The number of halogens is 2. The average Bonchev–Trinajstić information content (AvgIpc) is 2.59. The first-order chi connectivity index (χ1) is 12.6. The smallest absolute Gasteiger partial charge is 0.314 e. The summed E-state index contributed by atoms with van der Waals surface area (Å²) in [4.78, 5) is 23.3. The number of rotatable bonds is 7. The summed E-state index contributed by atoms with van der Waals surface area (Å²) in [5, 5.41) is 5.61. The van der Waals surface area contributed by atoms with Crippen molar-refractivity contribution < 1.29 is 22.7 Å². The van der Waals surface area contributed by atoms with Crippen LogP contribution in [0.25, 0.3) is 6.08 Å². The van der Waals surface area contributed by atoms with Gasteiger partial charge in [-0.2, -0.15) is 0 Å². The maximum Gasteiger partial charge on any atom is 0.314 e. The topological polar surface area (TPSA) is 104 Å². The van der Waals surface area contributed by atoms with Crippen molar-refractivity contribution in [3.63, 3.8) is 0 Å². The van der Waals surface area contributed by atoms with Crippen LogP contribution in [0, 0.1) is 0 Å². The number of benzene rings is 2. The number of carbonyl (C=O) groups excluding carboxylic acids is 2. The molecule has 0 aromatic heterocycles. The molecule has 27 heavy (non-hydrogen) atoms. The van der Waals surface area contributed by atoms with E-state index in [-0.39, 0.29) is 16.5 Å². The zero-order chi connectivity index (χ0) is 20.0. The van der Waals surface area contributed by atoms with Gasteiger partial charge in [0.25, 0.3) is 0 Å². The van der Waals surface area contributed by atoms with Crippen LogP contribution in [-0.2, 0) is 31.0 Å². The fourth-order valence-corrected chi connectivity index (χ4v) is 3.23. The van der Waals surface area contributed by atoms with Crippen LogP contribution in [0.1, 0.15) is 17.5 Å². The van der Waals surface area contributed by atoms with E-state index in [9.17, 15) is 18.0 Å². The highest BCUT2D eigenvalue weighted by Crippen LogP contribution is 2.22. The Bertz CT molecular complexity index is 985. The van der Waals surface area contributed by atoms with Gasteiger partial charge in [0.15, 0.2) is 5.78 Å². The van der Waals surface area contributed by atoms with E-state index in [1.807, 2.05) is 0 Å². The van der Waals surface area contributed by atoms with Gasteiger partial charge in [-0.1, -0.05) is 47.5 Å². The number of allylic oxidation sites excluding steroid dienone is 1. The standard InChI is InChI=1S/C18H15Cl2NO5S/c19-14-5-1-13(2-6-14)11-26-18(23)10-15(22)7-3-12-4-8-16(20)17(9-12)27(21,24)25/h1-9H,10-11H2,(H2,21,24,25). The van der Waals surface area contributed by atoms with Crippen molar-refractivity contribution in [3.05, 3.63) is 69.7 Å². The lowest BCUT2D eigenvalue weighted by atomic mass is 10.2. The third-order valence-corrected chi connectivity index (χ3v) is 5.00. The van der Waals surface area contributed by atoms with Crippen LogP contribution in [0.2, 0.25) is 10.0 Å². The first-order valence-corrected chi connectivity index (χ1v) is 9.89. The number of primary sulfonamides is 1. The summed E-state index contributed by atoms with van der Waals surface area (Å²) in [6, 6.07) is 10.9. The predicted molar refractivity (Wildman–Crippen MR) is 103 cm³/mol. The molecule has 0 aliphatic carbocycles. The highest BCUT2D eigenvalue weighted by atomic mass is 35.5. The number of hydrogen-bond acceptors (Lipinski definition) is 5. The van der Waals surface area contributed by atoms with Gasteiger partial charge in [0.2, 0.25) is 10.0 Å². The molecule has 0 atom stereocenters. The normalized spacial score (nSPS) is 11.5. The zero-order valence-electron chi connectivity index (χ0n) is 13.9. The molecule has 0 saturated carbocycles. The Morgan fingerprint density at radius 2 is 1.74 bits per heavy atom. The molecule has 2 N–H and O–H groups in total. The molecule has 142 valence electrons. The maximum atomic E-state index is 11.9. The van der Waals surface area contributed by atoms with E-state index in [0.29, 0.717) is 10.6 Å². The third-order valence-electron chi connectivity index (χ3n) is 3.36. The van der Waals surface area contributed by atoms with E-state index >= 15 is 0 Å². The lowest BCUT2D eigenvalue weighted by Gasteiger charge is -2.04. The largest absolute Gasteiger partial charge is 0.460 e. The molecule has 2 rings (SSSR count). The number of ketones is 1. The summed E-state index contributed by atoms with van der Waals surface area (Å²) < 4.78 is 27.9. The second-order valence-electron chi connectivity index (χ2n) is 5.50. The number of carbonyl (C=O) groups is 2. The van der Waals surface area contributed by atoms with E-state index in [4.69, 9.17) is 33.1 Å². The van der Waals surface area contributed by atoms with Crippen LogP contribution in [0.15, 0.2) is 53.4 Å². The van der Waals surface area contributed by atoms with Crippen molar-refractivity contribution in [3.8, 4) is 0 Å². The van der Waals surface area contributed by atoms with Crippen molar-refractivity contribution >= 4 is 51.1 Å². The van der Waals surface area contributed by atoms with Crippen molar-refractivity contribution in [1.29, 1.82) is 0 Å². The SMILES string of the molecule is NS(=O)(=O)c1cc(C=CC(=O)CC(=O)OCc2ccc(Cl)cc2)ccc1Cl. The molecular weight excluding hydrogens is 413 g/mol. The van der Waals surface area contributed by atoms with Crippen LogP contribution in [-0.4, -0.2) is 20.2 Å². The molecule has 0 bridgehead atoms. The Morgan fingerprint density at radius 3 is 2.37 bits per heavy atom. The second kappa shape index (κ2) is 9.14. The first-order valence-electron chi connectivity index (χ1n) is 7.58. The van der Waals surface area contributed by atoms with Gasteiger partial charge in [-0.15, -0.1) is 0 Å². The molecular formula is C18H15Cl2NO5S. The molecule has 6 nitrogen and oxygen atoms in total. The molecule has 0 heterocycles. The van der Waals surface area contributed by atoms with E-state index in [0.717, 1.165) is 11.6 Å². The summed E-state index contributed by atoms with van der Waals surface area (Å²) in [7, 11) is -3.98. The van der Waals surface area contributed by atoms with Gasteiger partial charge in [0.05, 0.1) is 5.02 Å². The minimum atomic E-state index is -3.98. The van der Waals surface area contributed by atoms with Crippen LogP contribution in [0.3, 0.4) is 0 Å². The number of esters is 1. The van der Waals surface area contributed by atoms with Crippen molar-refractivity contribution in [2.24, 2.45) is 5.14 Å². The molecule has 0 fully saturated rings. The summed E-state index contributed by atoms with van der Waals surface area (Å²) in [5.74, 6) is -1.18. The molecule has 0 radical (unpaired) electrons.